The number of ether oxygens (including phenoxy) is 2. The molecule has 0 atom stereocenters. The van der Waals surface area contributed by atoms with Crippen molar-refractivity contribution in [2.75, 3.05) is 23.8 Å². The van der Waals surface area contributed by atoms with Gasteiger partial charge in [0.2, 0.25) is 0 Å². The molecule has 3 rings (SSSR count). The van der Waals surface area contributed by atoms with Gasteiger partial charge in [-0.25, -0.2) is 9.59 Å². The summed E-state index contributed by atoms with van der Waals surface area (Å²) in [5, 5.41) is 5.84. The summed E-state index contributed by atoms with van der Waals surface area (Å²) in [6.45, 7) is 5.37. The van der Waals surface area contributed by atoms with Crippen LogP contribution in [0.1, 0.15) is 60.4 Å². The van der Waals surface area contributed by atoms with Gasteiger partial charge in [-0.1, -0.05) is 0 Å². The number of rotatable bonds is 8. The molecule has 2 amide bonds. The summed E-state index contributed by atoms with van der Waals surface area (Å²) in [4.78, 5) is 49.9. The SMILES string of the molecule is CCOC(=O)c1cc(NC(=O)c2sc(NC(=O)c3ccco3)cc2C)cc(C(=O)OCC)c1. The third-order valence-electron chi connectivity index (χ3n) is 4.32. The second-order valence-electron chi connectivity index (χ2n) is 6.75. The van der Waals surface area contributed by atoms with E-state index in [1.165, 1.54) is 30.5 Å². The van der Waals surface area contributed by atoms with E-state index in [0.29, 0.717) is 15.4 Å². The van der Waals surface area contributed by atoms with E-state index in [0.717, 1.165) is 11.3 Å². The van der Waals surface area contributed by atoms with Gasteiger partial charge in [0.05, 0.1) is 40.5 Å². The van der Waals surface area contributed by atoms with Crippen molar-refractivity contribution in [3.63, 3.8) is 0 Å². The van der Waals surface area contributed by atoms with E-state index in [9.17, 15) is 19.2 Å². The van der Waals surface area contributed by atoms with Crippen LogP contribution < -0.4 is 10.6 Å². The quantitative estimate of drug-likeness (QED) is 0.464. The second-order valence-corrected chi connectivity index (χ2v) is 7.80. The van der Waals surface area contributed by atoms with Crippen LogP contribution in [0.3, 0.4) is 0 Å². The van der Waals surface area contributed by atoms with Gasteiger partial charge in [-0.3, -0.25) is 9.59 Å². The topological polar surface area (TPSA) is 124 Å². The predicted octanol–water partition coefficient (Wildman–Crippen LogP) is 4.51. The Morgan fingerprint density at radius 3 is 2.09 bits per heavy atom. The maximum absolute atomic E-state index is 12.9. The second kappa shape index (κ2) is 10.6. The van der Waals surface area contributed by atoms with Crippen molar-refractivity contribution in [2.45, 2.75) is 20.8 Å². The smallest absolute Gasteiger partial charge is 0.338 e. The van der Waals surface area contributed by atoms with Gasteiger partial charge in [0.25, 0.3) is 11.8 Å². The minimum atomic E-state index is -0.630. The van der Waals surface area contributed by atoms with Crippen LogP contribution >= 0.6 is 11.3 Å². The summed E-state index contributed by atoms with van der Waals surface area (Å²) >= 11 is 1.08. The van der Waals surface area contributed by atoms with Crippen molar-refractivity contribution >= 4 is 45.8 Å². The van der Waals surface area contributed by atoms with Crippen molar-refractivity contribution in [1.29, 1.82) is 0 Å². The molecular formula is C23H22N2O7S. The molecule has 0 aliphatic heterocycles. The molecule has 2 heterocycles. The lowest BCUT2D eigenvalue weighted by Crippen LogP contribution is -2.14. The van der Waals surface area contributed by atoms with Crippen molar-refractivity contribution < 1.29 is 33.1 Å². The summed E-state index contributed by atoms with van der Waals surface area (Å²) < 4.78 is 15.1. The number of nitrogens with one attached hydrogen (secondary N) is 2. The van der Waals surface area contributed by atoms with E-state index in [1.807, 2.05) is 0 Å². The molecule has 0 spiro atoms. The minimum absolute atomic E-state index is 0.104. The van der Waals surface area contributed by atoms with Gasteiger partial charge >= 0.3 is 11.9 Å². The van der Waals surface area contributed by atoms with E-state index >= 15 is 0 Å². The molecule has 3 aromatic rings. The molecule has 2 aromatic heterocycles. The molecule has 9 nitrogen and oxygen atoms in total. The summed E-state index contributed by atoms with van der Waals surface area (Å²) in [5.74, 6) is -2.01. The van der Waals surface area contributed by atoms with Gasteiger partial charge in [-0.15, -0.1) is 11.3 Å². The van der Waals surface area contributed by atoms with Crippen LogP contribution in [0.5, 0.6) is 0 Å². The summed E-state index contributed by atoms with van der Waals surface area (Å²) in [6.07, 6.45) is 1.39. The van der Waals surface area contributed by atoms with Gasteiger partial charge in [0.15, 0.2) is 5.76 Å². The van der Waals surface area contributed by atoms with Gasteiger partial charge < -0.3 is 24.5 Å². The average Bonchev–Trinajstić information content (AvgIpc) is 3.44. The third kappa shape index (κ3) is 5.86. The number of thiophene rings is 1. The van der Waals surface area contributed by atoms with E-state index in [-0.39, 0.29) is 35.8 Å². The van der Waals surface area contributed by atoms with E-state index in [4.69, 9.17) is 13.9 Å². The standard InChI is InChI=1S/C23H22N2O7S/c1-4-30-22(28)14-10-15(23(29)31-5-2)12-16(11-14)24-21(27)19-13(3)9-18(33-19)25-20(26)17-7-6-8-32-17/h6-12H,4-5H2,1-3H3,(H,24,27)(H,25,26). The Morgan fingerprint density at radius 2 is 1.55 bits per heavy atom. The molecule has 33 heavy (non-hydrogen) atoms. The molecule has 0 unspecified atom stereocenters. The summed E-state index contributed by atoms with van der Waals surface area (Å²) in [7, 11) is 0. The van der Waals surface area contributed by atoms with Crippen LogP contribution in [0.2, 0.25) is 0 Å². The zero-order valence-corrected chi connectivity index (χ0v) is 19.0. The highest BCUT2D eigenvalue weighted by atomic mass is 32.1. The number of anilines is 2. The highest BCUT2D eigenvalue weighted by Crippen LogP contribution is 2.28. The van der Waals surface area contributed by atoms with Crippen LogP contribution in [-0.2, 0) is 9.47 Å². The number of aryl methyl sites for hydroxylation is 1. The molecule has 172 valence electrons. The van der Waals surface area contributed by atoms with Crippen LogP contribution in [0.4, 0.5) is 10.7 Å². The number of esters is 2. The Bertz CT molecular complexity index is 1150. The van der Waals surface area contributed by atoms with Gasteiger partial charge in [0.1, 0.15) is 0 Å². The van der Waals surface area contributed by atoms with E-state index in [1.54, 1.807) is 32.9 Å². The fourth-order valence-corrected chi connectivity index (χ4v) is 3.87. The van der Waals surface area contributed by atoms with Crippen LogP contribution in [0.15, 0.2) is 47.1 Å². The largest absolute Gasteiger partial charge is 0.462 e. The molecule has 2 N–H and O–H groups in total. The number of benzene rings is 1. The fourth-order valence-electron chi connectivity index (χ4n) is 2.90. The first-order valence-electron chi connectivity index (χ1n) is 10.1. The van der Waals surface area contributed by atoms with Crippen LogP contribution in [-0.4, -0.2) is 37.0 Å². The minimum Gasteiger partial charge on any atom is -0.462 e. The monoisotopic (exact) mass is 470 g/mol. The summed E-state index contributed by atoms with van der Waals surface area (Å²) in [5.41, 5.74) is 1.07. The van der Waals surface area contributed by atoms with Gasteiger partial charge in [-0.05, 0) is 62.7 Å². The maximum atomic E-state index is 12.9. The first-order valence-corrected chi connectivity index (χ1v) is 10.9. The van der Waals surface area contributed by atoms with E-state index < -0.39 is 23.8 Å². The van der Waals surface area contributed by atoms with E-state index in [2.05, 4.69) is 10.6 Å². The maximum Gasteiger partial charge on any atom is 0.338 e. The normalized spacial score (nSPS) is 10.4. The van der Waals surface area contributed by atoms with Crippen molar-refractivity contribution in [2.24, 2.45) is 0 Å². The van der Waals surface area contributed by atoms with Crippen LogP contribution in [0.25, 0.3) is 0 Å². The lowest BCUT2D eigenvalue weighted by atomic mass is 10.1. The molecule has 0 saturated heterocycles. The van der Waals surface area contributed by atoms with Crippen molar-refractivity contribution in [3.8, 4) is 0 Å². The predicted molar refractivity (Wildman–Crippen MR) is 122 cm³/mol. The Balaban J connectivity index is 1.82. The summed E-state index contributed by atoms with van der Waals surface area (Å²) in [6, 6.07) is 8.98. The third-order valence-corrected chi connectivity index (χ3v) is 5.47. The average molecular weight is 471 g/mol. The Labute approximate surface area is 193 Å². The molecule has 0 saturated carbocycles. The lowest BCUT2D eigenvalue weighted by Gasteiger charge is -2.10. The number of carbonyl (C=O) groups excluding carboxylic acids is 4. The number of carbonyl (C=O) groups is 4. The molecular weight excluding hydrogens is 448 g/mol. The zero-order valence-electron chi connectivity index (χ0n) is 18.2. The first-order chi connectivity index (χ1) is 15.8. The molecule has 0 aliphatic carbocycles. The Kier molecular flexibility index (Phi) is 7.62. The lowest BCUT2D eigenvalue weighted by molar-refractivity contribution is 0.0524. The highest BCUT2D eigenvalue weighted by Gasteiger charge is 2.19. The molecule has 0 radical (unpaired) electrons. The number of furan rings is 1. The molecule has 10 heteroatoms. The van der Waals surface area contributed by atoms with Gasteiger partial charge in [-0.2, -0.15) is 0 Å². The fraction of sp³-hybridized carbons (Fsp3) is 0.217. The highest BCUT2D eigenvalue weighted by molar-refractivity contribution is 7.18. The number of amides is 2. The molecule has 0 bridgehead atoms. The Hall–Kier alpha value is -3.92. The molecule has 0 aliphatic rings. The number of hydrogen-bond acceptors (Lipinski definition) is 8. The van der Waals surface area contributed by atoms with Crippen molar-refractivity contribution in [3.05, 3.63) is 70.0 Å². The van der Waals surface area contributed by atoms with Crippen LogP contribution in [0, 0.1) is 6.92 Å². The zero-order chi connectivity index (χ0) is 24.0. The molecule has 0 fully saturated rings. The Morgan fingerprint density at radius 1 is 0.909 bits per heavy atom. The van der Waals surface area contributed by atoms with Gasteiger partial charge in [0, 0.05) is 5.69 Å². The molecule has 1 aromatic carbocycles. The first kappa shape index (κ1) is 23.7. The number of hydrogen-bond donors (Lipinski definition) is 2. The van der Waals surface area contributed by atoms with Crippen molar-refractivity contribution in [1.82, 2.24) is 0 Å².